The zero-order valence-corrected chi connectivity index (χ0v) is 22.1. The molecule has 0 saturated carbocycles. The summed E-state index contributed by atoms with van der Waals surface area (Å²) in [5, 5.41) is 6.93. The maximum absolute atomic E-state index is 11.6. The van der Waals surface area contributed by atoms with E-state index in [4.69, 9.17) is 4.99 Å². The molecule has 0 atom stereocenters. The van der Waals surface area contributed by atoms with E-state index in [1.807, 2.05) is 12.1 Å². The van der Waals surface area contributed by atoms with E-state index in [9.17, 15) is 8.42 Å². The molecule has 32 heavy (non-hydrogen) atoms. The van der Waals surface area contributed by atoms with E-state index >= 15 is 0 Å². The highest BCUT2D eigenvalue weighted by molar-refractivity contribution is 14.0. The van der Waals surface area contributed by atoms with Crippen molar-refractivity contribution >= 4 is 39.8 Å². The summed E-state index contributed by atoms with van der Waals surface area (Å²) in [4.78, 5) is 7.59. The summed E-state index contributed by atoms with van der Waals surface area (Å²) in [5.41, 5.74) is 2.45. The lowest BCUT2D eigenvalue weighted by molar-refractivity contribution is 0.198. The van der Waals surface area contributed by atoms with E-state index in [2.05, 4.69) is 52.8 Å². The molecule has 6 nitrogen and oxygen atoms in total. The molecule has 0 radical (unpaired) electrons. The number of nitrogens with one attached hydrogen (secondary N) is 2. The van der Waals surface area contributed by atoms with Gasteiger partial charge < -0.3 is 10.6 Å². The molecule has 1 aliphatic rings. The number of guanidine groups is 1. The fraction of sp³-hybridized carbons (Fsp3) is 0.458. The Kier molecular flexibility index (Phi) is 10.9. The van der Waals surface area contributed by atoms with Crippen molar-refractivity contribution in [2.24, 2.45) is 4.99 Å². The Bertz CT molecular complexity index is 942. The minimum absolute atomic E-state index is 0. The largest absolute Gasteiger partial charge is 0.357 e. The average Bonchev–Trinajstić information content (AvgIpc) is 2.76. The fourth-order valence-corrected chi connectivity index (χ4v) is 4.42. The van der Waals surface area contributed by atoms with Gasteiger partial charge in [-0.2, -0.15) is 0 Å². The molecule has 1 fully saturated rings. The Hall–Kier alpha value is -1.65. The highest BCUT2D eigenvalue weighted by Gasteiger charge is 2.20. The van der Waals surface area contributed by atoms with Crippen LogP contribution in [0.3, 0.4) is 0 Å². The van der Waals surface area contributed by atoms with Gasteiger partial charge in [0.25, 0.3) is 0 Å². The number of sulfone groups is 1. The number of hydrogen-bond acceptors (Lipinski definition) is 4. The second kappa shape index (κ2) is 13.2. The first-order valence-electron chi connectivity index (χ1n) is 11.0. The Morgan fingerprint density at radius 2 is 1.69 bits per heavy atom. The Labute approximate surface area is 209 Å². The second-order valence-corrected chi connectivity index (χ2v) is 10.1. The van der Waals surface area contributed by atoms with Gasteiger partial charge in [0.1, 0.15) is 0 Å². The molecule has 0 bridgehead atoms. The molecule has 176 valence electrons. The van der Waals surface area contributed by atoms with Gasteiger partial charge in [0.2, 0.25) is 0 Å². The minimum atomic E-state index is -3.15. The SMILES string of the molecule is CCNC(=NCCc1ccc(S(C)(=O)=O)cc1)NC1CCN(Cc2ccccc2)CC1.I. The second-order valence-electron chi connectivity index (χ2n) is 8.11. The monoisotopic (exact) mass is 570 g/mol. The summed E-state index contributed by atoms with van der Waals surface area (Å²) in [6, 6.07) is 18.1. The van der Waals surface area contributed by atoms with Crippen LogP contribution >= 0.6 is 24.0 Å². The van der Waals surface area contributed by atoms with Crippen LogP contribution in [-0.2, 0) is 22.8 Å². The van der Waals surface area contributed by atoms with E-state index in [1.54, 1.807) is 12.1 Å². The van der Waals surface area contributed by atoms with Crippen LogP contribution in [0.5, 0.6) is 0 Å². The zero-order valence-electron chi connectivity index (χ0n) is 19.0. The van der Waals surface area contributed by atoms with Crippen molar-refractivity contribution < 1.29 is 8.42 Å². The Morgan fingerprint density at radius 3 is 2.28 bits per heavy atom. The van der Waals surface area contributed by atoms with Crippen molar-refractivity contribution in [2.75, 3.05) is 32.4 Å². The third kappa shape index (κ3) is 8.71. The number of piperidine rings is 1. The summed E-state index contributed by atoms with van der Waals surface area (Å²) in [6.07, 6.45) is 4.21. The maximum Gasteiger partial charge on any atom is 0.191 e. The summed E-state index contributed by atoms with van der Waals surface area (Å²) in [5.74, 6) is 0.858. The van der Waals surface area contributed by atoms with Crippen molar-refractivity contribution in [3.05, 3.63) is 65.7 Å². The molecule has 2 aromatic carbocycles. The molecule has 0 aromatic heterocycles. The first kappa shape index (κ1) is 26.6. The van der Waals surface area contributed by atoms with Gasteiger partial charge in [-0.05, 0) is 49.4 Å². The van der Waals surface area contributed by atoms with Gasteiger partial charge in [0.15, 0.2) is 15.8 Å². The van der Waals surface area contributed by atoms with Crippen LogP contribution in [0.1, 0.15) is 30.9 Å². The molecular weight excluding hydrogens is 535 g/mol. The molecule has 2 N–H and O–H groups in total. The third-order valence-electron chi connectivity index (χ3n) is 5.54. The summed E-state index contributed by atoms with van der Waals surface area (Å²) < 4.78 is 23.2. The lowest BCUT2D eigenvalue weighted by Gasteiger charge is -2.33. The molecule has 1 aliphatic heterocycles. The van der Waals surface area contributed by atoms with Crippen molar-refractivity contribution in [3.63, 3.8) is 0 Å². The fourth-order valence-electron chi connectivity index (χ4n) is 3.79. The highest BCUT2D eigenvalue weighted by Crippen LogP contribution is 2.14. The predicted molar refractivity (Wildman–Crippen MR) is 143 cm³/mol. The van der Waals surface area contributed by atoms with Gasteiger partial charge in [-0.25, -0.2) is 8.42 Å². The zero-order chi connectivity index (χ0) is 22.1. The van der Waals surface area contributed by atoms with Gasteiger partial charge in [-0.15, -0.1) is 24.0 Å². The van der Waals surface area contributed by atoms with E-state index in [0.29, 0.717) is 17.5 Å². The lowest BCUT2D eigenvalue weighted by atomic mass is 10.0. The quantitative estimate of drug-likeness (QED) is 0.289. The van der Waals surface area contributed by atoms with Crippen LogP contribution in [0.25, 0.3) is 0 Å². The normalized spacial score (nSPS) is 15.8. The molecule has 0 amide bonds. The Morgan fingerprint density at radius 1 is 1.03 bits per heavy atom. The van der Waals surface area contributed by atoms with Crippen molar-refractivity contribution in [1.82, 2.24) is 15.5 Å². The van der Waals surface area contributed by atoms with Crippen LogP contribution in [0.2, 0.25) is 0 Å². The van der Waals surface area contributed by atoms with Crippen molar-refractivity contribution in [1.29, 1.82) is 0 Å². The van der Waals surface area contributed by atoms with Crippen LogP contribution in [0, 0.1) is 0 Å². The molecule has 1 saturated heterocycles. The van der Waals surface area contributed by atoms with Crippen LogP contribution in [0.4, 0.5) is 0 Å². The number of aliphatic imine (C=N–C) groups is 1. The number of likely N-dealkylation sites (tertiary alicyclic amines) is 1. The Balaban J connectivity index is 0.00000363. The van der Waals surface area contributed by atoms with Gasteiger partial charge in [-0.3, -0.25) is 9.89 Å². The van der Waals surface area contributed by atoms with Gasteiger partial charge in [0.05, 0.1) is 4.90 Å². The van der Waals surface area contributed by atoms with Gasteiger partial charge in [0, 0.05) is 45.0 Å². The van der Waals surface area contributed by atoms with E-state index in [-0.39, 0.29) is 24.0 Å². The maximum atomic E-state index is 11.6. The molecular formula is C24H35IN4O2S. The molecule has 0 spiro atoms. The number of nitrogens with zero attached hydrogens (tertiary/aromatic N) is 2. The highest BCUT2D eigenvalue weighted by atomic mass is 127. The van der Waals surface area contributed by atoms with E-state index < -0.39 is 9.84 Å². The minimum Gasteiger partial charge on any atom is -0.357 e. The predicted octanol–water partition coefficient (Wildman–Crippen LogP) is 3.47. The summed E-state index contributed by atoms with van der Waals surface area (Å²) in [6.45, 7) is 6.73. The number of hydrogen-bond donors (Lipinski definition) is 2. The molecule has 0 unspecified atom stereocenters. The first-order valence-corrected chi connectivity index (χ1v) is 12.9. The number of benzene rings is 2. The number of rotatable bonds is 8. The van der Waals surface area contributed by atoms with Crippen molar-refractivity contribution in [2.45, 2.75) is 43.7 Å². The number of halogens is 1. The molecule has 3 rings (SSSR count). The molecule has 1 heterocycles. The van der Waals surface area contributed by atoms with E-state index in [0.717, 1.165) is 57.0 Å². The lowest BCUT2D eigenvalue weighted by Crippen LogP contribution is -2.48. The standard InChI is InChI=1S/C24H34N4O2S.HI/c1-3-25-24(26-16-13-20-9-11-23(12-10-20)31(2,29)30)27-22-14-17-28(18-15-22)19-21-7-5-4-6-8-21;/h4-12,22H,3,13-19H2,1-2H3,(H2,25,26,27);1H. The van der Waals surface area contributed by atoms with E-state index in [1.165, 1.54) is 11.8 Å². The molecule has 2 aromatic rings. The van der Waals surface area contributed by atoms with Crippen LogP contribution < -0.4 is 10.6 Å². The molecule has 8 heteroatoms. The van der Waals surface area contributed by atoms with Gasteiger partial charge >= 0.3 is 0 Å². The van der Waals surface area contributed by atoms with Crippen LogP contribution in [-0.4, -0.2) is 57.8 Å². The average molecular weight is 571 g/mol. The molecule has 0 aliphatic carbocycles. The summed E-state index contributed by atoms with van der Waals surface area (Å²) >= 11 is 0. The van der Waals surface area contributed by atoms with Crippen molar-refractivity contribution in [3.8, 4) is 0 Å². The first-order chi connectivity index (χ1) is 14.9. The van der Waals surface area contributed by atoms with Gasteiger partial charge in [-0.1, -0.05) is 42.5 Å². The smallest absolute Gasteiger partial charge is 0.191 e. The van der Waals surface area contributed by atoms with Crippen LogP contribution in [0.15, 0.2) is 64.5 Å². The third-order valence-corrected chi connectivity index (χ3v) is 6.67. The topological polar surface area (TPSA) is 73.8 Å². The summed E-state index contributed by atoms with van der Waals surface area (Å²) in [7, 11) is -3.15.